The number of methoxy groups -OCH3 is 1. The molecule has 0 saturated heterocycles. The van der Waals surface area contributed by atoms with Gasteiger partial charge >= 0.3 is 11.9 Å². The van der Waals surface area contributed by atoms with E-state index in [4.69, 9.17) is 15.2 Å². The maximum Gasteiger partial charge on any atom is 0.337 e. The monoisotopic (exact) mass is 503 g/mol. The molecule has 0 aliphatic carbocycles. The number of aromatic nitrogens is 2. The van der Waals surface area contributed by atoms with Gasteiger partial charge in [0.15, 0.2) is 11.5 Å². The summed E-state index contributed by atoms with van der Waals surface area (Å²) < 4.78 is 12.8. The fraction of sp³-hybridized carbons (Fsp3) is 0.154. The number of allylic oxidation sites excluding steroid dienone is 2. The summed E-state index contributed by atoms with van der Waals surface area (Å²) in [7, 11) is 2.97. The van der Waals surface area contributed by atoms with E-state index < -0.39 is 11.9 Å². The van der Waals surface area contributed by atoms with E-state index in [1.807, 2.05) is 0 Å². The van der Waals surface area contributed by atoms with E-state index in [0.29, 0.717) is 28.2 Å². The van der Waals surface area contributed by atoms with Gasteiger partial charge in [0, 0.05) is 31.5 Å². The molecule has 0 radical (unpaired) electrons. The van der Waals surface area contributed by atoms with E-state index in [-0.39, 0.29) is 35.7 Å². The molecule has 11 nitrogen and oxygen atoms in total. The SMILES string of the molecule is CNc1cc(C#N)c(CCOc2cc(/C=C/C=C(\N)n3ccnc3)c(C(=O)O)cc2OC)cc1C(=O)O. The topological polar surface area (TPSA) is 173 Å². The van der Waals surface area contributed by atoms with Crippen LogP contribution in [-0.2, 0) is 6.42 Å². The van der Waals surface area contributed by atoms with Crippen LogP contribution in [-0.4, -0.2) is 52.5 Å². The molecule has 0 amide bonds. The molecule has 0 atom stereocenters. The summed E-state index contributed by atoms with van der Waals surface area (Å²) in [5.74, 6) is -1.40. The Morgan fingerprint density at radius 2 is 1.95 bits per heavy atom. The average molecular weight is 504 g/mol. The van der Waals surface area contributed by atoms with Crippen molar-refractivity contribution in [3.8, 4) is 17.6 Å². The molecule has 3 rings (SSSR count). The Morgan fingerprint density at radius 3 is 2.54 bits per heavy atom. The van der Waals surface area contributed by atoms with Crippen LogP contribution in [0.2, 0.25) is 0 Å². The Morgan fingerprint density at radius 1 is 1.19 bits per heavy atom. The predicted octanol–water partition coefficient (Wildman–Crippen LogP) is 3.29. The Bertz CT molecular complexity index is 1400. The van der Waals surface area contributed by atoms with E-state index in [1.165, 1.54) is 37.7 Å². The van der Waals surface area contributed by atoms with Crippen LogP contribution < -0.4 is 20.5 Å². The molecule has 0 aliphatic rings. The van der Waals surface area contributed by atoms with Gasteiger partial charge in [-0.25, -0.2) is 14.6 Å². The fourth-order valence-corrected chi connectivity index (χ4v) is 3.53. The van der Waals surface area contributed by atoms with Crippen LogP contribution in [0.3, 0.4) is 0 Å². The van der Waals surface area contributed by atoms with Gasteiger partial charge in [-0.15, -0.1) is 0 Å². The van der Waals surface area contributed by atoms with Gasteiger partial charge in [-0.05, 0) is 41.5 Å². The van der Waals surface area contributed by atoms with Crippen molar-refractivity contribution >= 4 is 29.5 Å². The molecule has 190 valence electrons. The van der Waals surface area contributed by atoms with Crippen LogP contribution in [0.4, 0.5) is 5.69 Å². The number of benzene rings is 2. The van der Waals surface area contributed by atoms with Gasteiger partial charge in [0.25, 0.3) is 0 Å². The predicted molar refractivity (Wildman–Crippen MR) is 137 cm³/mol. The van der Waals surface area contributed by atoms with Crippen molar-refractivity contribution < 1.29 is 29.3 Å². The van der Waals surface area contributed by atoms with Gasteiger partial charge in [-0.2, -0.15) is 5.26 Å². The quantitative estimate of drug-likeness (QED) is 0.284. The summed E-state index contributed by atoms with van der Waals surface area (Å²) in [5, 5.41) is 31.4. The molecule has 37 heavy (non-hydrogen) atoms. The van der Waals surface area contributed by atoms with Gasteiger partial charge in [0.1, 0.15) is 12.1 Å². The molecule has 3 aromatic rings. The van der Waals surface area contributed by atoms with Crippen molar-refractivity contribution in [3.63, 3.8) is 0 Å². The standard InChI is InChI=1S/C26H25N5O6/c1-29-21-11-18(14-27)16(10-20(21)26(34)35)6-9-37-23-12-17(19(25(32)33)13-22(23)36-2)4-3-5-24(28)31-8-7-30-15-31/h3-5,7-8,10-13,15,29H,6,9,28H2,1-2H3,(H,32,33)(H,34,35)/b4-3+,24-5+. The molecule has 1 aromatic heterocycles. The van der Waals surface area contributed by atoms with Gasteiger partial charge in [-0.3, -0.25) is 4.57 Å². The highest BCUT2D eigenvalue weighted by Gasteiger charge is 2.17. The first kappa shape index (κ1) is 26.4. The highest BCUT2D eigenvalue weighted by atomic mass is 16.5. The number of aromatic carboxylic acids is 2. The minimum absolute atomic E-state index is 0.00410. The third-order valence-corrected chi connectivity index (χ3v) is 5.40. The first-order chi connectivity index (χ1) is 17.8. The minimum Gasteiger partial charge on any atom is -0.493 e. The highest BCUT2D eigenvalue weighted by Crippen LogP contribution is 2.32. The number of rotatable bonds is 11. The zero-order chi connectivity index (χ0) is 26.9. The summed E-state index contributed by atoms with van der Waals surface area (Å²) in [4.78, 5) is 27.3. The van der Waals surface area contributed by atoms with Crippen LogP contribution in [0, 0.1) is 11.3 Å². The Labute approximate surface area is 212 Å². The van der Waals surface area contributed by atoms with Crippen LogP contribution in [0.25, 0.3) is 11.9 Å². The largest absolute Gasteiger partial charge is 0.493 e. The van der Waals surface area contributed by atoms with E-state index in [2.05, 4.69) is 16.4 Å². The van der Waals surface area contributed by atoms with Gasteiger partial charge < -0.3 is 30.7 Å². The first-order valence-corrected chi connectivity index (χ1v) is 11.0. The second-order valence-corrected chi connectivity index (χ2v) is 7.64. The van der Waals surface area contributed by atoms with E-state index in [9.17, 15) is 25.1 Å². The minimum atomic E-state index is -1.15. The molecular weight excluding hydrogens is 478 g/mol. The van der Waals surface area contributed by atoms with Gasteiger partial charge in [0.2, 0.25) is 0 Å². The molecule has 0 bridgehead atoms. The fourth-order valence-electron chi connectivity index (χ4n) is 3.53. The summed E-state index contributed by atoms with van der Waals surface area (Å²) >= 11 is 0. The molecule has 0 fully saturated rings. The Balaban J connectivity index is 1.87. The lowest BCUT2D eigenvalue weighted by atomic mass is 10.0. The van der Waals surface area contributed by atoms with E-state index >= 15 is 0 Å². The van der Waals surface area contributed by atoms with Crippen LogP contribution in [0.5, 0.6) is 11.5 Å². The number of anilines is 1. The number of imidazole rings is 1. The van der Waals surface area contributed by atoms with Crippen molar-refractivity contribution in [2.75, 3.05) is 26.1 Å². The average Bonchev–Trinajstić information content (AvgIpc) is 3.43. The molecule has 0 unspecified atom stereocenters. The third kappa shape index (κ3) is 6.26. The normalized spacial score (nSPS) is 11.2. The van der Waals surface area contributed by atoms with Gasteiger partial charge in [-0.1, -0.05) is 12.2 Å². The zero-order valence-electron chi connectivity index (χ0n) is 20.1. The molecule has 0 aliphatic heterocycles. The van der Waals surface area contributed by atoms with Crippen molar-refractivity contribution in [1.82, 2.24) is 9.55 Å². The highest BCUT2D eigenvalue weighted by molar-refractivity contribution is 5.95. The van der Waals surface area contributed by atoms with Crippen molar-refractivity contribution in [3.05, 3.63) is 83.0 Å². The Hall–Kier alpha value is -5.24. The smallest absolute Gasteiger partial charge is 0.337 e. The number of nitrogens with one attached hydrogen (secondary N) is 1. The molecule has 0 saturated carbocycles. The van der Waals surface area contributed by atoms with Crippen molar-refractivity contribution in [2.24, 2.45) is 5.73 Å². The number of carboxylic acids is 2. The Kier molecular flexibility index (Phi) is 8.51. The summed E-state index contributed by atoms with van der Waals surface area (Å²) in [6.07, 6.45) is 9.78. The van der Waals surface area contributed by atoms with Gasteiger partial charge in [0.05, 0.1) is 36.5 Å². The number of nitrogens with zero attached hydrogens (tertiary/aromatic N) is 3. The third-order valence-electron chi connectivity index (χ3n) is 5.40. The number of carbonyl (C=O) groups is 2. The van der Waals surface area contributed by atoms with Crippen LogP contribution in [0.1, 0.15) is 37.4 Å². The molecule has 2 aromatic carbocycles. The second kappa shape index (κ2) is 11.9. The second-order valence-electron chi connectivity index (χ2n) is 7.64. The zero-order valence-corrected chi connectivity index (χ0v) is 20.1. The maximum absolute atomic E-state index is 11.8. The summed E-state index contributed by atoms with van der Waals surface area (Å²) in [5.41, 5.74) is 7.51. The number of hydrogen-bond donors (Lipinski definition) is 4. The van der Waals surface area contributed by atoms with E-state index in [1.54, 1.807) is 42.2 Å². The molecule has 11 heteroatoms. The molecule has 0 spiro atoms. The molecule has 1 heterocycles. The maximum atomic E-state index is 11.8. The van der Waals surface area contributed by atoms with Crippen molar-refractivity contribution in [1.29, 1.82) is 5.26 Å². The lowest BCUT2D eigenvalue weighted by Crippen LogP contribution is -2.09. The molecule has 5 N–H and O–H groups in total. The lowest BCUT2D eigenvalue weighted by molar-refractivity contribution is 0.0686. The summed E-state index contributed by atoms with van der Waals surface area (Å²) in [6, 6.07) is 7.86. The first-order valence-electron chi connectivity index (χ1n) is 11.0. The number of hydrogen-bond acceptors (Lipinski definition) is 8. The lowest BCUT2D eigenvalue weighted by Gasteiger charge is -2.15. The van der Waals surface area contributed by atoms with Crippen LogP contribution >= 0.6 is 0 Å². The summed E-state index contributed by atoms with van der Waals surface area (Å²) in [6.45, 7) is 0.0754. The molecular formula is C26H25N5O6. The number of ether oxygens (including phenoxy) is 2. The number of nitrogens with two attached hydrogens (primary N) is 1. The van der Waals surface area contributed by atoms with Crippen LogP contribution in [0.15, 0.2) is 55.1 Å². The number of nitriles is 1. The number of carboxylic acid groups (broad SMARTS) is 2. The van der Waals surface area contributed by atoms with Crippen molar-refractivity contribution in [2.45, 2.75) is 6.42 Å². The van der Waals surface area contributed by atoms with E-state index in [0.717, 1.165) is 0 Å².